The highest BCUT2D eigenvalue weighted by atomic mass is 79.9. The quantitative estimate of drug-likeness (QED) is 0.578. The summed E-state index contributed by atoms with van der Waals surface area (Å²) in [6.45, 7) is 0. The third kappa shape index (κ3) is 2.53. The summed E-state index contributed by atoms with van der Waals surface area (Å²) in [7, 11) is 0. The Hall–Kier alpha value is -1.17. The second-order valence-electron chi connectivity index (χ2n) is 4.19. The van der Waals surface area contributed by atoms with Crippen molar-refractivity contribution in [1.82, 2.24) is 0 Å². The normalized spacial score (nSPS) is 10.7. The highest BCUT2D eigenvalue weighted by Gasteiger charge is 2.13. The van der Waals surface area contributed by atoms with Crippen LogP contribution in [0.1, 0.15) is 9.67 Å². The number of carbonyl (C=O) groups is 1. The molecule has 20 heavy (non-hydrogen) atoms. The fourth-order valence-electron chi connectivity index (χ4n) is 2.01. The molecule has 0 bridgehead atoms. The van der Waals surface area contributed by atoms with Gasteiger partial charge in [0.15, 0.2) is 0 Å². The zero-order valence-electron chi connectivity index (χ0n) is 10.2. The SMILES string of the molecule is O=C(Nc1ccc(Br)c2ccccc12)c1sccc1Br. The predicted molar refractivity (Wildman–Crippen MR) is 91.6 cm³/mol. The van der Waals surface area contributed by atoms with Crippen LogP contribution in [0, 0.1) is 0 Å². The molecule has 1 amide bonds. The Kier molecular flexibility index (Phi) is 3.92. The molecule has 0 saturated heterocycles. The van der Waals surface area contributed by atoms with Crippen LogP contribution in [0.2, 0.25) is 0 Å². The largest absolute Gasteiger partial charge is 0.321 e. The van der Waals surface area contributed by atoms with Gasteiger partial charge in [-0.2, -0.15) is 0 Å². The number of fused-ring (bicyclic) bond motifs is 1. The minimum atomic E-state index is -0.0978. The maximum absolute atomic E-state index is 12.3. The van der Waals surface area contributed by atoms with Gasteiger partial charge in [-0.15, -0.1) is 11.3 Å². The van der Waals surface area contributed by atoms with E-state index in [-0.39, 0.29) is 5.91 Å². The molecule has 0 radical (unpaired) electrons. The van der Waals surface area contributed by atoms with E-state index in [2.05, 4.69) is 37.2 Å². The second kappa shape index (κ2) is 5.68. The van der Waals surface area contributed by atoms with Gasteiger partial charge < -0.3 is 5.32 Å². The first-order valence-electron chi connectivity index (χ1n) is 5.88. The Morgan fingerprint density at radius 2 is 1.70 bits per heavy atom. The van der Waals surface area contributed by atoms with Crippen LogP contribution in [0.25, 0.3) is 10.8 Å². The molecule has 3 rings (SSSR count). The number of hydrogen-bond donors (Lipinski definition) is 1. The summed E-state index contributed by atoms with van der Waals surface area (Å²) in [4.78, 5) is 13.0. The first-order valence-corrected chi connectivity index (χ1v) is 8.35. The van der Waals surface area contributed by atoms with Crippen molar-refractivity contribution in [3.63, 3.8) is 0 Å². The van der Waals surface area contributed by atoms with E-state index in [1.54, 1.807) is 0 Å². The molecule has 0 unspecified atom stereocenters. The Morgan fingerprint density at radius 1 is 0.950 bits per heavy atom. The van der Waals surface area contributed by atoms with Gasteiger partial charge in [-0.1, -0.05) is 40.2 Å². The molecule has 1 heterocycles. The van der Waals surface area contributed by atoms with Gasteiger partial charge in [-0.05, 0) is 44.9 Å². The lowest BCUT2D eigenvalue weighted by molar-refractivity contribution is 0.103. The van der Waals surface area contributed by atoms with E-state index in [4.69, 9.17) is 0 Å². The van der Waals surface area contributed by atoms with E-state index in [1.807, 2.05) is 47.8 Å². The molecule has 0 aliphatic heterocycles. The Bertz CT molecular complexity index is 797. The van der Waals surface area contributed by atoms with E-state index in [0.717, 1.165) is 25.4 Å². The molecule has 0 aliphatic carbocycles. The predicted octanol–water partition coefficient (Wildman–Crippen LogP) is 5.68. The van der Waals surface area contributed by atoms with Gasteiger partial charge in [0.25, 0.3) is 5.91 Å². The van der Waals surface area contributed by atoms with Crippen LogP contribution in [-0.2, 0) is 0 Å². The fourth-order valence-corrected chi connectivity index (χ4v) is 3.93. The molecule has 0 atom stereocenters. The van der Waals surface area contributed by atoms with Crippen LogP contribution in [0.4, 0.5) is 5.69 Å². The fraction of sp³-hybridized carbons (Fsp3) is 0. The molecule has 0 fully saturated rings. The molecular weight excluding hydrogens is 402 g/mol. The molecule has 0 aliphatic rings. The second-order valence-corrected chi connectivity index (χ2v) is 6.82. The number of rotatable bonds is 2. The highest BCUT2D eigenvalue weighted by Crippen LogP contribution is 2.31. The number of amides is 1. The highest BCUT2D eigenvalue weighted by molar-refractivity contribution is 9.11. The topological polar surface area (TPSA) is 29.1 Å². The Balaban J connectivity index is 2.02. The van der Waals surface area contributed by atoms with Crippen molar-refractivity contribution in [1.29, 1.82) is 0 Å². The van der Waals surface area contributed by atoms with Crippen LogP contribution in [0.15, 0.2) is 56.8 Å². The lowest BCUT2D eigenvalue weighted by atomic mass is 10.1. The van der Waals surface area contributed by atoms with Crippen molar-refractivity contribution < 1.29 is 4.79 Å². The zero-order valence-corrected chi connectivity index (χ0v) is 14.2. The summed E-state index contributed by atoms with van der Waals surface area (Å²) in [5.41, 5.74) is 0.814. The average Bonchev–Trinajstić information content (AvgIpc) is 2.88. The summed E-state index contributed by atoms with van der Waals surface area (Å²) in [6, 6.07) is 13.7. The van der Waals surface area contributed by atoms with Gasteiger partial charge >= 0.3 is 0 Å². The number of thiophene rings is 1. The lowest BCUT2D eigenvalue weighted by Gasteiger charge is -2.09. The maximum atomic E-state index is 12.3. The standard InChI is InChI=1S/C15H9Br2NOS/c16-11-5-6-13(10-4-2-1-3-9(10)11)18-15(19)14-12(17)7-8-20-14/h1-8H,(H,18,19). The van der Waals surface area contributed by atoms with E-state index in [1.165, 1.54) is 11.3 Å². The van der Waals surface area contributed by atoms with Crippen molar-refractivity contribution in [2.24, 2.45) is 0 Å². The lowest BCUT2D eigenvalue weighted by Crippen LogP contribution is -2.11. The Labute approximate surface area is 137 Å². The molecule has 0 saturated carbocycles. The molecule has 0 spiro atoms. The first-order chi connectivity index (χ1) is 9.66. The van der Waals surface area contributed by atoms with Crippen LogP contribution < -0.4 is 5.32 Å². The minimum Gasteiger partial charge on any atom is -0.321 e. The third-order valence-electron chi connectivity index (χ3n) is 2.94. The number of hydrogen-bond acceptors (Lipinski definition) is 2. The zero-order chi connectivity index (χ0) is 14.1. The van der Waals surface area contributed by atoms with Crippen molar-refractivity contribution in [2.45, 2.75) is 0 Å². The number of anilines is 1. The van der Waals surface area contributed by atoms with Gasteiger partial charge in [0, 0.05) is 20.0 Å². The van der Waals surface area contributed by atoms with E-state index in [0.29, 0.717) is 4.88 Å². The molecule has 5 heteroatoms. The molecule has 1 aromatic heterocycles. The summed E-state index contributed by atoms with van der Waals surface area (Å²) in [5.74, 6) is -0.0978. The molecule has 100 valence electrons. The monoisotopic (exact) mass is 409 g/mol. The number of nitrogens with one attached hydrogen (secondary N) is 1. The molecular formula is C15H9Br2NOS. The van der Waals surface area contributed by atoms with Crippen molar-refractivity contribution in [3.8, 4) is 0 Å². The van der Waals surface area contributed by atoms with Gasteiger partial charge in [0.2, 0.25) is 0 Å². The third-order valence-corrected chi connectivity index (χ3v) is 5.47. The van der Waals surface area contributed by atoms with E-state index in [9.17, 15) is 4.79 Å². The minimum absolute atomic E-state index is 0.0978. The van der Waals surface area contributed by atoms with E-state index < -0.39 is 0 Å². The summed E-state index contributed by atoms with van der Waals surface area (Å²) < 4.78 is 1.84. The molecule has 2 nitrogen and oxygen atoms in total. The smallest absolute Gasteiger partial charge is 0.266 e. The van der Waals surface area contributed by atoms with Crippen molar-refractivity contribution in [3.05, 3.63) is 61.7 Å². The van der Waals surface area contributed by atoms with Crippen LogP contribution >= 0.6 is 43.2 Å². The van der Waals surface area contributed by atoms with Crippen molar-refractivity contribution >= 4 is 65.6 Å². The molecule has 1 N–H and O–H groups in total. The number of benzene rings is 2. The number of carbonyl (C=O) groups excluding carboxylic acids is 1. The van der Waals surface area contributed by atoms with Crippen LogP contribution in [0.3, 0.4) is 0 Å². The number of halogens is 2. The van der Waals surface area contributed by atoms with Gasteiger partial charge in [0.1, 0.15) is 4.88 Å². The summed E-state index contributed by atoms with van der Waals surface area (Å²) in [6.07, 6.45) is 0. The molecule has 3 aromatic rings. The van der Waals surface area contributed by atoms with E-state index >= 15 is 0 Å². The van der Waals surface area contributed by atoms with Gasteiger partial charge in [-0.25, -0.2) is 0 Å². The first kappa shape index (κ1) is 13.8. The van der Waals surface area contributed by atoms with Crippen LogP contribution in [0.5, 0.6) is 0 Å². The molecule has 2 aromatic carbocycles. The maximum Gasteiger partial charge on any atom is 0.266 e. The van der Waals surface area contributed by atoms with Gasteiger partial charge in [0.05, 0.1) is 0 Å². The summed E-state index contributed by atoms with van der Waals surface area (Å²) >= 11 is 8.33. The average molecular weight is 411 g/mol. The Morgan fingerprint density at radius 3 is 2.40 bits per heavy atom. The van der Waals surface area contributed by atoms with Crippen molar-refractivity contribution in [2.75, 3.05) is 5.32 Å². The summed E-state index contributed by atoms with van der Waals surface area (Å²) in [5, 5.41) is 6.96. The van der Waals surface area contributed by atoms with Crippen LogP contribution in [-0.4, -0.2) is 5.91 Å². The van der Waals surface area contributed by atoms with Gasteiger partial charge in [-0.3, -0.25) is 4.79 Å².